The zero-order valence-corrected chi connectivity index (χ0v) is 8.27. The standard InChI is InChI=1S/C10H13N3O2/c14-7-13-9-3-10(5-11-4-9)15-6-8-1-2-12-8/h3-5,7-8,12H,1-2,6H2,(H,13,14). The highest BCUT2D eigenvalue weighted by atomic mass is 16.5. The number of aromatic nitrogens is 1. The summed E-state index contributed by atoms with van der Waals surface area (Å²) in [6.45, 7) is 1.71. The van der Waals surface area contributed by atoms with E-state index in [4.69, 9.17) is 4.74 Å². The van der Waals surface area contributed by atoms with Crippen molar-refractivity contribution in [2.45, 2.75) is 12.5 Å². The molecule has 15 heavy (non-hydrogen) atoms. The van der Waals surface area contributed by atoms with E-state index in [1.165, 1.54) is 0 Å². The molecule has 1 unspecified atom stereocenters. The van der Waals surface area contributed by atoms with Gasteiger partial charge in [-0.1, -0.05) is 0 Å². The zero-order valence-electron chi connectivity index (χ0n) is 8.27. The predicted molar refractivity (Wildman–Crippen MR) is 55.8 cm³/mol. The Bertz CT molecular complexity index is 339. The summed E-state index contributed by atoms with van der Waals surface area (Å²) in [6, 6.07) is 2.20. The van der Waals surface area contributed by atoms with Crippen molar-refractivity contribution in [3.05, 3.63) is 18.5 Å². The molecule has 1 saturated heterocycles. The molecule has 1 atom stereocenters. The fourth-order valence-electron chi connectivity index (χ4n) is 1.33. The molecule has 0 aromatic carbocycles. The topological polar surface area (TPSA) is 63.2 Å². The van der Waals surface area contributed by atoms with E-state index in [2.05, 4.69) is 15.6 Å². The first kappa shape index (κ1) is 9.92. The number of anilines is 1. The average molecular weight is 207 g/mol. The molecule has 1 fully saturated rings. The van der Waals surface area contributed by atoms with Crippen molar-refractivity contribution in [3.8, 4) is 5.75 Å². The molecule has 1 aromatic heterocycles. The van der Waals surface area contributed by atoms with E-state index in [0.717, 1.165) is 13.0 Å². The first-order valence-electron chi connectivity index (χ1n) is 4.90. The van der Waals surface area contributed by atoms with E-state index in [1.54, 1.807) is 18.5 Å². The van der Waals surface area contributed by atoms with Crippen molar-refractivity contribution in [1.29, 1.82) is 0 Å². The maximum atomic E-state index is 10.2. The lowest BCUT2D eigenvalue weighted by molar-refractivity contribution is -0.105. The van der Waals surface area contributed by atoms with Gasteiger partial charge >= 0.3 is 0 Å². The number of pyridine rings is 1. The van der Waals surface area contributed by atoms with E-state index in [1.807, 2.05) is 0 Å². The lowest BCUT2D eigenvalue weighted by Gasteiger charge is -2.27. The van der Waals surface area contributed by atoms with Gasteiger partial charge < -0.3 is 15.4 Å². The largest absolute Gasteiger partial charge is 0.490 e. The third kappa shape index (κ3) is 2.66. The summed E-state index contributed by atoms with van der Waals surface area (Å²) in [5, 5.41) is 5.76. The Morgan fingerprint density at radius 3 is 3.20 bits per heavy atom. The summed E-state index contributed by atoms with van der Waals surface area (Å²) >= 11 is 0. The Morgan fingerprint density at radius 2 is 2.53 bits per heavy atom. The van der Waals surface area contributed by atoms with Crippen LogP contribution in [0.5, 0.6) is 5.75 Å². The highest BCUT2D eigenvalue weighted by Gasteiger charge is 2.16. The van der Waals surface area contributed by atoms with Crippen LogP contribution < -0.4 is 15.4 Å². The van der Waals surface area contributed by atoms with Crippen molar-refractivity contribution < 1.29 is 9.53 Å². The zero-order chi connectivity index (χ0) is 10.5. The first-order valence-corrected chi connectivity index (χ1v) is 4.90. The molecule has 0 bridgehead atoms. The van der Waals surface area contributed by atoms with Crippen LogP contribution in [0.25, 0.3) is 0 Å². The average Bonchev–Trinajstić information content (AvgIpc) is 2.16. The van der Waals surface area contributed by atoms with Crippen LogP contribution in [-0.2, 0) is 4.79 Å². The summed E-state index contributed by atoms with van der Waals surface area (Å²) < 4.78 is 5.52. The summed E-state index contributed by atoms with van der Waals surface area (Å²) in [7, 11) is 0. The molecule has 2 N–H and O–H groups in total. The second kappa shape index (κ2) is 4.75. The molecule has 0 aliphatic carbocycles. The second-order valence-corrected chi connectivity index (χ2v) is 3.42. The number of ether oxygens (including phenoxy) is 1. The SMILES string of the molecule is O=CNc1cncc(OCC2CCN2)c1. The van der Waals surface area contributed by atoms with E-state index >= 15 is 0 Å². The van der Waals surface area contributed by atoms with Crippen LogP contribution in [0.1, 0.15) is 6.42 Å². The predicted octanol–water partition coefficient (Wildman–Crippen LogP) is 0.391. The van der Waals surface area contributed by atoms with Gasteiger partial charge in [-0.3, -0.25) is 9.78 Å². The van der Waals surface area contributed by atoms with Crippen LogP contribution in [0.2, 0.25) is 0 Å². The Balaban J connectivity index is 1.88. The minimum atomic E-state index is 0.452. The van der Waals surface area contributed by atoms with Gasteiger partial charge in [0.05, 0.1) is 18.1 Å². The fourth-order valence-corrected chi connectivity index (χ4v) is 1.33. The number of amides is 1. The summed E-state index contributed by atoms with van der Waals surface area (Å²) in [5.74, 6) is 0.676. The molecule has 0 radical (unpaired) electrons. The minimum Gasteiger partial charge on any atom is -0.490 e. The number of nitrogens with one attached hydrogen (secondary N) is 2. The molecule has 0 spiro atoms. The van der Waals surface area contributed by atoms with Crippen LogP contribution in [0, 0.1) is 0 Å². The molecule has 1 aliphatic heterocycles. The van der Waals surface area contributed by atoms with Crippen molar-refractivity contribution >= 4 is 12.1 Å². The lowest BCUT2D eigenvalue weighted by Crippen LogP contribution is -2.46. The number of hydrogen-bond donors (Lipinski definition) is 2. The number of nitrogens with zero attached hydrogens (tertiary/aromatic N) is 1. The number of hydrogen-bond acceptors (Lipinski definition) is 4. The van der Waals surface area contributed by atoms with Gasteiger partial charge in [0.15, 0.2) is 0 Å². The van der Waals surface area contributed by atoms with Crippen molar-refractivity contribution in [3.63, 3.8) is 0 Å². The highest BCUT2D eigenvalue weighted by Crippen LogP contribution is 2.15. The van der Waals surface area contributed by atoms with Gasteiger partial charge in [-0.05, 0) is 13.0 Å². The third-order valence-electron chi connectivity index (χ3n) is 2.32. The maximum Gasteiger partial charge on any atom is 0.211 e. The van der Waals surface area contributed by atoms with Crippen LogP contribution in [0.3, 0.4) is 0 Å². The van der Waals surface area contributed by atoms with Crippen LogP contribution in [-0.4, -0.2) is 30.6 Å². The monoisotopic (exact) mass is 207 g/mol. The first-order chi connectivity index (χ1) is 7.38. The summed E-state index contributed by atoms with van der Waals surface area (Å²) in [5.41, 5.74) is 0.643. The smallest absolute Gasteiger partial charge is 0.211 e. The Morgan fingerprint density at radius 1 is 1.67 bits per heavy atom. The van der Waals surface area contributed by atoms with Gasteiger partial charge in [-0.15, -0.1) is 0 Å². The molecule has 1 amide bonds. The van der Waals surface area contributed by atoms with Gasteiger partial charge in [-0.25, -0.2) is 0 Å². The van der Waals surface area contributed by atoms with Crippen molar-refractivity contribution in [2.24, 2.45) is 0 Å². The second-order valence-electron chi connectivity index (χ2n) is 3.42. The van der Waals surface area contributed by atoms with E-state index in [9.17, 15) is 4.79 Å². The normalized spacial score (nSPS) is 19.1. The molecule has 5 nitrogen and oxygen atoms in total. The van der Waals surface area contributed by atoms with Gasteiger partial charge in [0.2, 0.25) is 6.41 Å². The van der Waals surface area contributed by atoms with Crippen LogP contribution in [0.4, 0.5) is 5.69 Å². The third-order valence-corrected chi connectivity index (χ3v) is 2.32. The van der Waals surface area contributed by atoms with Crippen molar-refractivity contribution in [1.82, 2.24) is 10.3 Å². The highest BCUT2D eigenvalue weighted by molar-refractivity contribution is 5.71. The molecule has 1 aliphatic rings. The van der Waals surface area contributed by atoms with Gasteiger partial charge in [-0.2, -0.15) is 0 Å². The Hall–Kier alpha value is -1.62. The maximum absolute atomic E-state index is 10.2. The summed E-state index contributed by atoms with van der Waals surface area (Å²) in [6.07, 6.45) is 4.98. The number of carbonyl (C=O) groups is 1. The van der Waals surface area contributed by atoms with E-state index < -0.39 is 0 Å². The lowest BCUT2D eigenvalue weighted by atomic mass is 10.1. The molecule has 1 aromatic rings. The molecule has 80 valence electrons. The molecule has 5 heteroatoms. The molecular weight excluding hydrogens is 194 g/mol. The van der Waals surface area contributed by atoms with Gasteiger partial charge in [0.1, 0.15) is 12.4 Å². The van der Waals surface area contributed by atoms with Crippen LogP contribution in [0.15, 0.2) is 18.5 Å². The molecule has 2 heterocycles. The minimum absolute atomic E-state index is 0.452. The quantitative estimate of drug-likeness (QED) is 0.686. The Labute approximate surface area is 87.8 Å². The Kier molecular flexibility index (Phi) is 3.14. The van der Waals surface area contributed by atoms with Crippen LogP contribution >= 0.6 is 0 Å². The molecular formula is C10H13N3O2. The van der Waals surface area contributed by atoms with Crippen molar-refractivity contribution in [2.75, 3.05) is 18.5 Å². The molecule has 0 saturated carbocycles. The number of rotatable bonds is 5. The van der Waals surface area contributed by atoms with Gasteiger partial charge in [0, 0.05) is 12.1 Å². The fraction of sp³-hybridized carbons (Fsp3) is 0.400. The van der Waals surface area contributed by atoms with Gasteiger partial charge in [0.25, 0.3) is 0 Å². The summed E-state index contributed by atoms with van der Waals surface area (Å²) in [4.78, 5) is 14.2. The molecule has 2 rings (SSSR count). The van der Waals surface area contributed by atoms with E-state index in [0.29, 0.717) is 30.5 Å². The van der Waals surface area contributed by atoms with E-state index in [-0.39, 0.29) is 0 Å². The number of carbonyl (C=O) groups excluding carboxylic acids is 1.